The summed E-state index contributed by atoms with van der Waals surface area (Å²) in [5.41, 5.74) is 1.29. The number of hydrogen-bond donors (Lipinski definition) is 2. The van der Waals surface area contributed by atoms with Gasteiger partial charge in [0.25, 0.3) is 0 Å². The van der Waals surface area contributed by atoms with Crippen LogP contribution in [0.4, 0.5) is 0 Å². The Balaban J connectivity index is 0.00000320. The van der Waals surface area contributed by atoms with Crippen molar-refractivity contribution >= 4 is 29.9 Å². The molecule has 2 N–H and O–H groups in total. The van der Waals surface area contributed by atoms with E-state index in [-0.39, 0.29) is 29.5 Å². The molecule has 0 unspecified atom stereocenters. The maximum absolute atomic E-state index is 5.49. The smallest absolute Gasteiger partial charge is 0.191 e. The van der Waals surface area contributed by atoms with Gasteiger partial charge in [0.1, 0.15) is 12.4 Å². The van der Waals surface area contributed by atoms with Crippen LogP contribution in [0.25, 0.3) is 0 Å². The first kappa shape index (κ1) is 24.6. The maximum Gasteiger partial charge on any atom is 0.191 e. The Morgan fingerprint density at radius 1 is 1.17 bits per heavy atom. The van der Waals surface area contributed by atoms with Crippen LogP contribution in [0.15, 0.2) is 47.7 Å². The number of nitrogens with one attached hydrogen (secondary N) is 2. The van der Waals surface area contributed by atoms with Gasteiger partial charge in [-0.15, -0.1) is 24.0 Å². The number of benzene rings is 1. The van der Waals surface area contributed by atoms with Gasteiger partial charge in [-0.25, -0.2) is 9.98 Å². The van der Waals surface area contributed by atoms with Gasteiger partial charge < -0.3 is 19.9 Å². The number of imidazole rings is 1. The third-order valence-corrected chi connectivity index (χ3v) is 5.28. The number of rotatable bonds is 8. The summed E-state index contributed by atoms with van der Waals surface area (Å²) in [7, 11) is 0. The number of halogens is 1. The van der Waals surface area contributed by atoms with Crippen molar-refractivity contribution in [1.29, 1.82) is 0 Å². The first-order valence-corrected chi connectivity index (χ1v) is 10.5. The average Bonchev–Trinajstić information content (AvgIpc) is 3.18. The molecule has 2 aromatic rings. The quantitative estimate of drug-likeness (QED) is 0.315. The predicted octanol–water partition coefficient (Wildman–Crippen LogP) is 2.72. The molecule has 0 amide bonds. The fraction of sp³-hybridized carbons (Fsp3) is 0.545. The monoisotopic (exact) mass is 526 g/mol. The van der Waals surface area contributed by atoms with Crippen LogP contribution >= 0.6 is 24.0 Å². The Bertz CT molecular complexity index is 771. The van der Waals surface area contributed by atoms with Crippen molar-refractivity contribution in [3.8, 4) is 0 Å². The summed E-state index contributed by atoms with van der Waals surface area (Å²) in [5.74, 6) is 1.78. The Morgan fingerprint density at radius 3 is 2.60 bits per heavy atom. The number of aliphatic imine (C=N–C) groups is 1. The highest BCUT2D eigenvalue weighted by Crippen LogP contribution is 2.15. The lowest BCUT2D eigenvalue weighted by Crippen LogP contribution is -2.56. The molecular formula is C22H35IN6O. The van der Waals surface area contributed by atoms with E-state index in [9.17, 15) is 0 Å². The van der Waals surface area contributed by atoms with E-state index in [4.69, 9.17) is 9.73 Å². The lowest BCUT2D eigenvalue weighted by Gasteiger charge is -2.41. The normalized spacial score (nSPS) is 15.5. The van der Waals surface area contributed by atoms with E-state index in [1.807, 2.05) is 18.5 Å². The van der Waals surface area contributed by atoms with Gasteiger partial charge in [0.15, 0.2) is 5.96 Å². The number of guanidine groups is 1. The molecular weight excluding hydrogens is 491 g/mol. The molecule has 166 valence electrons. The van der Waals surface area contributed by atoms with Gasteiger partial charge in [0, 0.05) is 50.7 Å². The zero-order valence-corrected chi connectivity index (χ0v) is 20.6. The van der Waals surface area contributed by atoms with Crippen LogP contribution < -0.4 is 10.6 Å². The van der Waals surface area contributed by atoms with Crippen molar-refractivity contribution in [1.82, 2.24) is 25.1 Å². The van der Waals surface area contributed by atoms with Crippen LogP contribution in [0.1, 0.15) is 32.2 Å². The van der Waals surface area contributed by atoms with Gasteiger partial charge in [-0.05, 0) is 26.3 Å². The number of morpholine rings is 1. The Kier molecular flexibility index (Phi) is 10.1. The van der Waals surface area contributed by atoms with Gasteiger partial charge in [-0.2, -0.15) is 0 Å². The van der Waals surface area contributed by atoms with Gasteiger partial charge in [-0.3, -0.25) is 4.90 Å². The minimum Gasteiger partial charge on any atom is -0.379 e. The van der Waals surface area contributed by atoms with Crippen molar-refractivity contribution in [2.75, 3.05) is 39.4 Å². The molecule has 8 heteroatoms. The van der Waals surface area contributed by atoms with E-state index in [0.29, 0.717) is 6.54 Å². The van der Waals surface area contributed by atoms with Gasteiger partial charge in [-0.1, -0.05) is 30.3 Å². The standard InChI is InChI=1S/C22H34N6O.HI/c1-4-23-21(26-18-22(2,3)28-12-14-29-15-13-28)25-16-20-24-10-11-27(20)17-19-8-6-5-7-9-19;/h5-11H,4,12-18H2,1-3H3,(H2,23,25,26);1H. The molecule has 0 saturated carbocycles. The van der Waals surface area contributed by atoms with E-state index in [0.717, 1.165) is 57.7 Å². The van der Waals surface area contributed by atoms with E-state index >= 15 is 0 Å². The summed E-state index contributed by atoms with van der Waals surface area (Å²) in [6.45, 7) is 13.2. The Hall–Kier alpha value is -1.65. The number of aromatic nitrogens is 2. The predicted molar refractivity (Wildman–Crippen MR) is 132 cm³/mol. The largest absolute Gasteiger partial charge is 0.379 e. The second kappa shape index (κ2) is 12.3. The molecule has 7 nitrogen and oxygen atoms in total. The summed E-state index contributed by atoms with van der Waals surface area (Å²) < 4.78 is 7.64. The fourth-order valence-electron chi connectivity index (χ4n) is 3.49. The van der Waals surface area contributed by atoms with E-state index in [1.165, 1.54) is 5.56 Å². The SMILES string of the molecule is CCNC(=NCc1nccn1Cc1ccccc1)NCC(C)(C)N1CCOCC1.I. The van der Waals surface area contributed by atoms with Gasteiger partial charge in [0.05, 0.1) is 13.2 Å². The molecule has 1 aliphatic rings. The molecule has 1 aliphatic heterocycles. The van der Waals surface area contributed by atoms with E-state index < -0.39 is 0 Å². The number of hydrogen-bond acceptors (Lipinski definition) is 4. The minimum atomic E-state index is 0. The molecule has 1 saturated heterocycles. The second-order valence-electron chi connectivity index (χ2n) is 7.92. The second-order valence-corrected chi connectivity index (χ2v) is 7.92. The van der Waals surface area contributed by atoms with Crippen molar-refractivity contribution in [2.45, 2.75) is 39.4 Å². The molecule has 0 radical (unpaired) electrons. The first-order valence-electron chi connectivity index (χ1n) is 10.5. The summed E-state index contributed by atoms with van der Waals surface area (Å²) in [6, 6.07) is 10.4. The van der Waals surface area contributed by atoms with Gasteiger partial charge >= 0.3 is 0 Å². The highest BCUT2D eigenvalue weighted by molar-refractivity contribution is 14.0. The molecule has 2 heterocycles. The molecule has 0 bridgehead atoms. The van der Waals surface area contributed by atoms with E-state index in [2.05, 4.69) is 70.1 Å². The summed E-state index contributed by atoms with van der Waals surface area (Å²) in [6.07, 6.45) is 3.86. The molecule has 3 rings (SSSR count). The summed E-state index contributed by atoms with van der Waals surface area (Å²) in [4.78, 5) is 11.8. The van der Waals surface area contributed by atoms with Crippen molar-refractivity contribution in [2.24, 2.45) is 4.99 Å². The highest BCUT2D eigenvalue weighted by Gasteiger charge is 2.28. The lowest BCUT2D eigenvalue weighted by atomic mass is 10.0. The minimum absolute atomic E-state index is 0. The molecule has 30 heavy (non-hydrogen) atoms. The molecule has 1 aromatic carbocycles. The van der Waals surface area contributed by atoms with Crippen molar-refractivity contribution in [3.63, 3.8) is 0 Å². The van der Waals surface area contributed by atoms with Crippen LogP contribution in [0.5, 0.6) is 0 Å². The Morgan fingerprint density at radius 2 is 1.90 bits per heavy atom. The topological polar surface area (TPSA) is 66.7 Å². The molecule has 0 aliphatic carbocycles. The summed E-state index contributed by atoms with van der Waals surface area (Å²) >= 11 is 0. The van der Waals surface area contributed by atoms with Crippen molar-refractivity contribution in [3.05, 3.63) is 54.1 Å². The molecule has 1 fully saturated rings. The zero-order valence-electron chi connectivity index (χ0n) is 18.3. The zero-order chi connectivity index (χ0) is 20.5. The van der Waals surface area contributed by atoms with Crippen LogP contribution in [0, 0.1) is 0 Å². The third-order valence-electron chi connectivity index (χ3n) is 5.28. The Labute approximate surface area is 197 Å². The highest BCUT2D eigenvalue weighted by atomic mass is 127. The van der Waals surface area contributed by atoms with Crippen LogP contribution in [0.2, 0.25) is 0 Å². The van der Waals surface area contributed by atoms with Crippen molar-refractivity contribution < 1.29 is 4.74 Å². The third kappa shape index (κ3) is 7.24. The van der Waals surface area contributed by atoms with Crippen LogP contribution in [-0.4, -0.2) is 65.3 Å². The average molecular weight is 526 g/mol. The van der Waals surface area contributed by atoms with Crippen LogP contribution in [0.3, 0.4) is 0 Å². The van der Waals surface area contributed by atoms with Crippen LogP contribution in [-0.2, 0) is 17.8 Å². The number of ether oxygens (including phenoxy) is 1. The summed E-state index contributed by atoms with van der Waals surface area (Å²) in [5, 5.41) is 6.86. The van der Waals surface area contributed by atoms with Gasteiger partial charge in [0.2, 0.25) is 0 Å². The molecule has 0 spiro atoms. The first-order chi connectivity index (χ1) is 14.1. The molecule has 1 aromatic heterocycles. The lowest BCUT2D eigenvalue weighted by molar-refractivity contribution is -0.00834. The number of nitrogens with zero attached hydrogens (tertiary/aromatic N) is 4. The van der Waals surface area contributed by atoms with E-state index in [1.54, 1.807) is 0 Å². The molecule has 0 atom stereocenters. The fourth-order valence-corrected chi connectivity index (χ4v) is 3.49. The maximum atomic E-state index is 5.49.